The molecule has 0 aliphatic heterocycles. The third-order valence-corrected chi connectivity index (χ3v) is 7.00. The number of rotatable bonds is 10. The van der Waals surface area contributed by atoms with Crippen molar-refractivity contribution in [1.29, 1.82) is 0 Å². The minimum Gasteiger partial charge on any atom is -0.406 e. The van der Waals surface area contributed by atoms with Gasteiger partial charge in [0, 0.05) is 31.6 Å². The maximum absolute atomic E-state index is 12.7. The minimum atomic E-state index is -1.24. The van der Waals surface area contributed by atoms with E-state index in [1.165, 1.54) is 15.4 Å². The number of carbonyl (C=O) groups excluding carboxylic acids is 2. The Hall–Kier alpha value is -3.13. The van der Waals surface area contributed by atoms with Gasteiger partial charge in [0.05, 0.1) is 16.6 Å². The van der Waals surface area contributed by atoms with E-state index in [9.17, 15) is 13.8 Å². The van der Waals surface area contributed by atoms with Crippen LogP contribution in [-0.4, -0.2) is 52.4 Å². The Morgan fingerprint density at radius 2 is 1.32 bits per heavy atom. The van der Waals surface area contributed by atoms with E-state index in [0.29, 0.717) is 37.5 Å². The molecule has 202 valence electrons. The zero-order valence-electron chi connectivity index (χ0n) is 23.1. The Bertz CT molecular complexity index is 1100. The van der Waals surface area contributed by atoms with Gasteiger partial charge in [-0.05, 0) is 68.0 Å². The lowest BCUT2D eigenvalue weighted by Gasteiger charge is -2.21. The molecule has 0 aromatic heterocycles. The van der Waals surface area contributed by atoms with E-state index < -0.39 is 23.0 Å². The summed E-state index contributed by atoms with van der Waals surface area (Å²) in [6.45, 7) is 15.9. The summed E-state index contributed by atoms with van der Waals surface area (Å²) in [6.07, 6.45) is 0.658. The SMILES string of the molecule is CCN(CC)C(=O)Oc1ccc(/C=C/S(=O)Cc2ccc(C(C)(C)C)cc2)cc1OC(=O)N(CC)CC. The van der Waals surface area contributed by atoms with Crippen LogP contribution in [0.4, 0.5) is 9.59 Å². The van der Waals surface area contributed by atoms with Crippen molar-refractivity contribution in [2.24, 2.45) is 0 Å². The standard InChI is InChI=1S/C29H40N2O5S/c1-8-30(9-2)27(32)35-25-17-14-22(20-26(25)36-28(33)31(10-3)11-4)18-19-37(34)21-23-12-15-24(16-13-23)29(5,6)7/h12-20H,8-11,21H2,1-7H3/b19-18+. The quantitative estimate of drug-likeness (QED) is 0.348. The number of benzene rings is 2. The molecule has 37 heavy (non-hydrogen) atoms. The van der Waals surface area contributed by atoms with Gasteiger partial charge in [0.15, 0.2) is 11.5 Å². The molecular formula is C29H40N2O5S. The zero-order chi connectivity index (χ0) is 27.6. The summed E-state index contributed by atoms with van der Waals surface area (Å²) in [5.74, 6) is 0.669. The maximum Gasteiger partial charge on any atom is 0.415 e. The van der Waals surface area contributed by atoms with Gasteiger partial charge in [-0.25, -0.2) is 9.59 Å². The molecule has 2 amide bonds. The molecule has 2 aromatic rings. The first-order valence-electron chi connectivity index (χ1n) is 12.7. The first-order valence-corrected chi connectivity index (χ1v) is 14.1. The van der Waals surface area contributed by atoms with E-state index in [1.807, 2.05) is 39.8 Å². The zero-order valence-corrected chi connectivity index (χ0v) is 23.9. The third-order valence-electron chi connectivity index (χ3n) is 5.95. The molecule has 1 unspecified atom stereocenters. The van der Waals surface area contributed by atoms with Crippen molar-refractivity contribution in [1.82, 2.24) is 9.80 Å². The van der Waals surface area contributed by atoms with Crippen LogP contribution in [0.5, 0.6) is 11.5 Å². The summed E-state index contributed by atoms with van der Waals surface area (Å²) >= 11 is 0. The van der Waals surface area contributed by atoms with Gasteiger partial charge in [-0.3, -0.25) is 4.21 Å². The second-order valence-corrected chi connectivity index (χ2v) is 10.9. The lowest BCUT2D eigenvalue weighted by Crippen LogP contribution is -2.34. The molecule has 0 aliphatic carbocycles. The molecule has 0 saturated carbocycles. The van der Waals surface area contributed by atoms with E-state index in [2.05, 4.69) is 32.9 Å². The normalized spacial score (nSPS) is 12.3. The fraction of sp³-hybridized carbons (Fsp3) is 0.448. The van der Waals surface area contributed by atoms with Crippen molar-refractivity contribution in [2.75, 3.05) is 26.2 Å². The van der Waals surface area contributed by atoms with Gasteiger partial charge in [-0.1, -0.05) is 51.1 Å². The average Bonchev–Trinajstić information content (AvgIpc) is 2.85. The van der Waals surface area contributed by atoms with Crippen LogP contribution in [0.25, 0.3) is 6.08 Å². The van der Waals surface area contributed by atoms with Gasteiger partial charge in [-0.15, -0.1) is 0 Å². The monoisotopic (exact) mass is 528 g/mol. The van der Waals surface area contributed by atoms with Crippen molar-refractivity contribution < 1.29 is 23.3 Å². The first-order chi connectivity index (χ1) is 17.5. The van der Waals surface area contributed by atoms with Crippen molar-refractivity contribution in [2.45, 2.75) is 59.6 Å². The Morgan fingerprint density at radius 1 is 0.811 bits per heavy atom. The number of nitrogens with zero attached hydrogens (tertiary/aromatic N) is 2. The number of hydrogen-bond donors (Lipinski definition) is 0. The van der Waals surface area contributed by atoms with Crippen LogP contribution < -0.4 is 9.47 Å². The fourth-order valence-electron chi connectivity index (χ4n) is 3.54. The molecule has 0 bridgehead atoms. The van der Waals surface area contributed by atoms with Gasteiger partial charge in [-0.2, -0.15) is 0 Å². The topological polar surface area (TPSA) is 76.1 Å². The fourth-order valence-corrected chi connectivity index (χ4v) is 4.47. The Morgan fingerprint density at radius 3 is 1.81 bits per heavy atom. The number of hydrogen-bond acceptors (Lipinski definition) is 5. The van der Waals surface area contributed by atoms with Crippen LogP contribution in [0, 0.1) is 0 Å². The second kappa shape index (κ2) is 14.0. The summed E-state index contributed by atoms with van der Waals surface area (Å²) in [5.41, 5.74) is 2.95. The van der Waals surface area contributed by atoms with Gasteiger partial charge in [0.25, 0.3) is 0 Å². The van der Waals surface area contributed by atoms with Crippen LogP contribution in [0.2, 0.25) is 0 Å². The highest BCUT2D eigenvalue weighted by Gasteiger charge is 2.19. The van der Waals surface area contributed by atoms with Crippen molar-refractivity contribution in [3.8, 4) is 11.5 Å². The van der Waals surface area contributed by atoms with Crippen molar-refractivity contribution in [3.63, 3.8) is 0 Å². The van der Waals surface area contributed by atoms with E-state index >= 15 is 0 Å². The predicted octanol–water partition coefficient (Wildman–Crippen LogP) is 6.58. The summed E-state index contributed by atoms with van der Waals surface area (Å²) in [7, 11) is -1.24. The Labute approximate surface area is 223 Å². The molecule has 0 fully saturated rings. The van der Waals surface area contributed by atoms with Gasteiger partial charge < -0.3 is 19.3 Å². The second-order valence-electron chi connectivity index (χ2n) is 9.56. The molecular weight excluding hydrogens is 488 g/mol. The van der Waals surface area contributed by atoms with Crippen molar-refractivity contribution >= 4 is 29.1 Å². The molecule has 0 heterocycles. The largest absolute Gasteiger partial charge is 0.415 e. The minimum absolute atomic E-state index is 0.0654. The van der Waals surface area contributed by atoms with Crippen LogP contribution in [0.1, 0.15) is 65.2 Å². The maximum atomic E-state index is 12.7. The van der Waals surface area contributed by atoms with Crippen LogP contribution in [0.15, 0.2) is 47.9 Å². The van der Waals surface area contributed by atoms with E-state index in [-0.39, 0.29) is 16.9 Å². The number of amides is 2. The third kappa shape index (κ3) is 9.04. The van der Waals surface area contributed by atoms with Gasteiger partial charge >= 0.3 is 12.2 Å². The van der Waals surface area contributed by atoms with Crippen molar-refractivity contribution in [3.05, 3.63) is 64.6 Å². The Balaban J connectivity index is 2.23. The molecule has 2 aromatic carbocycles. The van der Waals surface area contributed by atoms with E-state index in [4.69, 9.17) is 9.47 Å². The average molecular weight is 529 g/mol. The first kappa shape index (κ1) is 30.1. The predicted molar refractivity (Wildman–Crippen MR) is 150 cm³/mol. The summed E-state index contributed by atoms with van der Waals surface area (Å²) in [5, 5.41) is 1.62. The Kier molecular flexibility index (Phi) is 11.4. The highest BCUT2D eigenvalue weighted by molar-refractivity contribution is 7.87. The lowest BCUT2D eigenvalue weighted by atomic mass is 9.87. The van der Waals surface area contributed by atoms with E-state index in [1.54, 1.807) is 29.7 Å². The van der Waals surface area contributed by atoms with Crippen LogP contribution in [0.3, 0.4) is 0 Å². The van der Waals surface area contributed by atoms with Crippen LogP contribution in [-0.2, 0) is 22.0 Å². The molecule has 0 radical (unpaired) electrons. The highest BCUT2D eigenvalue weighted by Crippen LogP contribution is 2.30. The smallest absolute Gasteiger partial charge is 0.406 e. The summed E-state index contributed by atoms with van der Waals surface area (Å²) < 4.78 is 23.8. The molecule has 2 rings (SSSR count). The van der Waals surface area contributed by atoms with Gasteiger partial charge in [0.1, 0.15) is 0 Å². The molecule has 7 nitrogen and oxygen atoms in total. The molecule has 0 saturated heterocycles. The summed E-state index contributed by atoms with van der Waals surface area (Å²) in [4.78, 5) is 28.2. The van der Waals surface area contributed by atoms with Crippen LogP contribution >= 0.6 is 0 Å². The molecule has 1 atom stereocenters. The highest BCUT2D eigenvalue weighted by atomic mass is 32.2. The number of ether oxygens (including phenoxy) is 2. The molecule has 8 heteroatoms. The molecule has 0 N–H and O–H groups in total. The lowest BCUT2D eigenvalue weighted by molar-refractivity contribution is 0.146. The molecule has 0 aliphatic rings. The number of carbonyl (C=O) groups is 2. The van der Waals surface area contributed by atoms with Gasteiger partial charge in [0.2, 0.25) is 0 Å². The summed E-state index contributed by atoms with van der Waals surface area (Å²) in [6, 6.07) is 13.1. The van der Waals surface area contributed by atoms with E-state index in [0.717, 1.165) is 5.56 Å². The molecule has 0 spiro atoms.